The Bertz CT molecular complexity index is 943. The van der Waals surface area contributed by atoms with Crippen LogP contribution in [-0.2, 0) is 9.53 Å². The molecule has 0 aliphatic carbocycles. The normalized spacial score (nSPS) is 12.9. The molecule has 2 atom stereocenters. The lowest BCUT2D eigenvalue weighted by Gasteiger charge is -2.25. The van der Waals surface area contributed by atoms with Gasteiger partial charge in [-0.05, 0) is 67.6 Å². The minimum Gasteiger partial charge on any atom is -0.497 e. The number of hydroxylamine groups is 1. The highest BCUT2D eigenvalue weighted by Crippen LogP contribution is 2.31. The van der Waals surface area contributed by atoms with E-state index in [1.807, 2.05) is 19.1 Å². The van der Waals surface area contributed by atoms with Crippen LogP contribution in [0.4, 0.5) is 10.5 Å². The van der Waals surface area contributed by atoms with Crippen LogP contribution in [0, 0.1) is 5.92 Å². The predicted octanol–water partition coefficient (Wildman–Crippen LogP) is 4.22. The number of ether oxygens (including phenoxy) is 3. The number of rotatable bonds is 12. The van der Waals surface area contributed by atoms with Crippen molar-refractivity contribution < 1.29 is 34.1 Å². The molecule has 4 N–H and O–H groups in total. The summed E-state index contributed by atoms with van der Waals surface area (Å²) >= 11 is 0. The number of methoxy groups -OCH3 is 1. The number of nitrogens with one attached hydrogen (secondary N) is 2. The van der Waals surface area contributed by atoms with Gasteiger partial charge in [-0.1, -0.05) is 25.1 Å². The Labute approximate surface area is 199 Å². The second-order valence-corrected chi connectivity index (χ2v) is 7.70. The third kappa shape index (κ3) is 8.42. The van der Waals surface area contributed by atoms with Crippen molar-refractivity contribution in [3.05, 3.63) is 65.7 Å². The molecule has 184 valence electrons. The number of carbonyl (C=O) groups excluding carboxylic acids is 2. The van der Waals surface area contributed by atoms with Gasteiger partial charge in [0.05, 0.1) is 13.7 Å². The van der Waals surface area contributed by atoms with Gasteiger partial charge in [-0.25, -0.2) is 10.3 Å². The van der Waals surface area contributed by atoms with Gasteiger partial charge in [0.2, 0.25) is 0 Å². The molecule has 2 aromatic rings. The second-order valence-electron chi connectivity index (χ2n) is 7.70. The molecule has 2 rings (SSSR count). The minimum atomic E-state index is -0.603. The van der Waals surface area contributed by atoms with Crippen LogP contribution < -0.4 is 20.3 Å². The highest BCUT2D eigenvalue weighted by Gasteiger charge is 2.24. The Morgan fingerprint density at radius 2 is 1.71 bits per heavy atom. The molecular formula is C25H32N2O7. The molecule has 0 aliphatic heterocycles. The Hall–Kier alpha value is -3.56. The number of hydrogen-bond acceptors (Lipinski definition) is 7. The second kappa shape index (κ2) is 13.9. The lowest BCUT2D eigenvalue weighted by Crippen LogP contribution is -2.22. The van der Waals surface area contributed by atoms with Crippen molar-refractivity contribution in [2.45, 2.75) is 32.8 Å². The molecule has 9 heteroatoms. The fourth-order valence-corrected chi connectivity index (χ4v) is 3.26. The van der Waals surface area contributed by atoms with E-state index in [0.29, 0.717) is 35.6 Å². The summed E-state index contributed by atoms with van der Waals surface area (Å²) in [5, 5.41) is 20.4. The third-order valence-electron chi connectivity index (χ3n) is 5.19. The van der Waals surface area contributed by atoms with E-state index in [1.54, 1.807) is 62.0 Å². The zero-order valence-electron chi connectivity index (χ0n) is 19.6. The smallest absolute Gasteiger partial charge is 0.412 e. The number of anilines is 1. The van der Waals surface area contributed by atoms with Crippen molar-refractivity contribution in [2.24, 2.45) is 5.92 Å². The van der Waals surface area contributed by atoms with Crippen LogP contribution in [0.5, 0.6) is 11.5 Å². The zero-order valence-corrected chi connectivity index (χ0v) is 19.6. The molecule has 0 spiro atoms. The van der Waals surface area contributed by atoms with E-state index in [1.165, 1.54) is 0 Å². The van der Waals surface area contributed by atoms with E-state index in [9.17, 15) is 9.59 Å². The summed E-state index contributed by atoms with van der Waals surface area (Å²) in [6, 6.07) is 14.0. The van der Waals surface area contributed by atoms with Crippen molar-refractivity contribution >= 4 is 17.7 Å². The van der Waals surface area contributed by atoms with Gasteiger partial charge in [0.15, 0.2) is 0 Å². The summed E-state index contributed by atoms with van der Waals surface area (Å²) in [6.07, 6.45) is 1.74. The van der Waals surface area contributed by atoms with Crippen LogP contribution in [0.2, 0.25) is 0 Å². The number of aliphatic hydroxyl groups excluding tert-OH is 1. The standard InChI is InChI=1S/C25H32N2O7/c1-17(5-4-6-18(2)24(29)27-31)23(19-7-11-22(12-8-19)33-16-15-28)34-25(30)26-20-9-13-21(32-3)14-10-20/h6-14,17,23,28,31H,4-5,15-16H2,1-3H3,(H,26,30)(H,27,29)/b18-6+/t17-,23-/m0/s1. The van der Waals surface area contributed by atoms with Gasteiger partial charge >= 0.3 is 6.09 Å². The number of hydrogen-bond donors (Lipinski definition) is 4. The van der Waals surface area contributed by atoms with Gasteiger partial charge < -0.3 is 19.3 Å². The van der Waals surface area contributed by atoms with Crippen LogP contribution in [0.25, 0.3) is 0 Å². The summed E-state index contributed by atoms with van der Waals surface area (Å²) in [7, 11) is 1.57. The number of aliphatic hydroxyl groups is 1. The van der Waals surface area contributed by atoms with E-state index < -0.39 is 18.1 Å². The summed E-state index contributed by atoms with van der Waals surface area (Å²) in [4.78, 5) is 24.1. The van der Waals surface area contributed by atoms with Crippen molar-refractivity contribution in [2.75, 3.05) is 25.6 Å². The lowest BCUT2D eigenvalue weighted by molar-refractivity contribution is -0.125. The Morgan fingerprint density at radius 1 is 1.06 bits per heavy atom. The SMILES string of the molecule is COc1ccc(NC(=O)O[C@H](c2ccc(OCCO)cc2)[C@@H](C)CC/C=C(\C)C(=O)NO)cc1. The molecule has 0 radical (unpaired) electrons. The molecule has 0 aliphatic rings. The molecule has 2 amide bonds. The van der Waals surface area contributed by atoms with Crippen LogP contribution in [-0.4, -0.2) is 42.6 Å². The van der Waals surface area contributed by atoms with Crippen LogP contribution >= 0.6 is 0 Å². The average molecular weight is 473 g/mol. The monoisotopic (exact) mass is 472 g/mol. The maximum absolute atomic E-state index is 12.7. The molecule has 0 heterocycles. The van der Waals surface area contributed by atoms with Crippen LogP contribution in [0.1, 0.15) is 38.4 Å². The Morgan fingerprint density at radius 3 is 2.29 bits per heavy atom. The Kier molecular flexibility index (Phi) is 10.9. The molecule has 0 aromatic heterocycles. The predicted molar refractivity (Wildman–Crippen MR) is 127 cm³/mol. The summed E-state index contributed by atoms with van der Waals surface area (Å²) in [5.41, 5.74) is 3.35. The Balaban J connectivity index is 2.13. The van der Waals surface area contributed by atoms with Gasteiger partial charge in [-0.15, -0.1) is 0 Å². The zero-order chi connectivity index (χ0) is 24.9. The van der Waals surface area contributed by atoms with Gasteiger partial charge in [0, 0.05) is 11.3 Å². The summed E-state index contributed by atoms with van der Waals surface area (Å²) in [6.45, 7) is 3.67. The average Bonchev–Trinajstić information content (AvgIpc) is 2.86. The largest absolute Gasteiger partial charge is 0.497 e. The fourth-order valence-electron chi connectivity index (χ4n) is 3.26. The summed E-state index contributed by atoms with van der Waals surface area (Å²) in [5.74, 6) is 0.623. The first-order valence-electron chi connectivity index (χ1n) is 10.9. The molecule has 0 fully saturated rings. The van der Waals surface area contributed by atoms with Crippen molar-refractivity contribution in [1.82, 2.24) is 5.48 Å². The maximum atomic E-state index is 12.7. The first-order valence-corrected chi connectivity index (χ1v) is 10.9. The molecule has 2 aromatic carbocycles. The van der Waals surface area contributed by atoms with Gasteiger partial charge in [-0.3, -0.25) is 15.3 Å². The third-order valence-corrected chi connectivity index (χ3v) is 5.19. The molecule has 34 heavy (non-hydrogen) atoms. The molecule has 0 saturated carbocycles. The lowest BCUT2D eigenvalue weighted by atomic mass is 9.92. The molecule has 9 nitrogen and oxygen atoms in total. The van der Waals surface area contributed by atoms with E-state index in [-0.39, 0.29) is 19.1 Å². The van der Waals surface area contributed by atoms with Crippen LogP contribution in [0.15, 0.2) is 60.2 Å². The first-order chi connectivity index (χ1) is 16.4. The van der Waals surface area contributed by atoms with E-state index in [0.717, 1.165) is 5.56 Å². The minimum absolute atomic E-state index is 0.0860. The molecule has 0 saturated heterocycles. The van der Waals surface area contributed by atoms with E-state index in [2.05, 4.69) is 5.32 Å². The van der Waals surface area contributed by atoms with E-state index >= 15 is 0 Å². The van der Waals surface area contributed by atoms with Crippen LogP contribution in [0.3, 0.4) is 0 Å². The van der Waals surface area contributed by atoms with Crippen molar-refractivity contribution in [1.29, 1.82) is 0 Å². The number of carbonyl (C=O) groups is 2. The topological polar surface area (TPSA) is 126 Å². The number of benzene rings is 2. The number of allylic oxidation sites excluding steroid dienone is 1. The van der Waals surface area contributed by atoms with Crippen molar-refractivity contribution in [3.63, 3.8) is 0 Å². The van der Waals surface area contributed by atoms with Crippen molar-refractivity contribution in [3.8, 4) is 11.5 Å². The summed E-state index contributed by atoms with van der Waals surface area (Å²) < 4.78 is 16.3. The fraction of sp³-hybridized carbons (Fsp3) is 0.360. The van der Waals surface area contributed by atoms with Gasteiger partial charge in [-0.2, -0.15) is 0 Å². The highest BCUT2D eigenvalue weighted by molar-refractivity contribution is 5.91. The molecular weight excluding hydrogens is 440 g/mol. The maximum Gasteiger partial charge on any atom is 0.412 e. The number of amides is 2. The first kappa shape index (κ1) is 26.7. The van der Waals surface area contributed by atoms with E-state index in [4.69, 9.17) is 24.5 Å². The quantitative estimate of drug-likeness (QED) is 0.207. The highest BCUT2D eigenvalue weighted by atomic mass is 16.6. The molecule has 0 unspecified atom stereocenters. The van der Waals surface area contributed by atoms with Gasteiger partial charge in [0.1, 0.15) is 24.2 Å². The molecule has 0 bridgehead atoms. The van der Waals surface area contributed by atoms with Gasteiger partial charge in [0.25, 0.3) is 5.91 Å².